The van der Waals surface area contributed by atoms with Gasteiger partial charge >= 0.3 is 0 Å². The van der Waals surface area contributed by atoms with Gasteiger partial charge in [0, 0.05) is 19.5 Å². The highest BCUT2D eigenvalue weighted by Gasteiger charge is 2.24. The third-order valence-corrected chi connectivity index (χ3v) is 3.87. The summed E-state index contributed by atoms with van der Waals surface area (Å²) in [5.41, 5.74) is 1.10. The Morgan fingerprint density at radius 1 is 1.28 bits per heavy atom. The molecular formula is C15H23NO2. The number of ether oxygens (including phenoxy) is 1. The van der Waals surface area contributed by atoms with Crippen molar-refractivity contribution < 1.29 is 9.84 Å². The van der Waals surface area contributed by atoms with Gasteiger partial charge in [0.2, 0.25) is 0 Å². The van der Waals surface area contributed by atoms with E-state index >= 15 is 0 Å². The largest absolute Gasteiger partial charge is 0.495 e. The van der Waals surface area contributed by atoms with Crippen molar-refractivity contribution >= 4 is 5.69 Å². The fourth-order valence-corrected chi connectivity index (χ4v) is 2.80. The first-order valence-corrected chi connectivity index (χ1v) is 6.74. The number of nitrogens with zero attached hydrogens (tertiary/aromatic N) is 1. The highest BCUT2D eigenvalue weighted by Crippen LogP contribution is 2.30. The van der Waals surface area contributed by atoms with Gasteiger partial charge in [0.05, 0.1) is 18.9 Å². The first-order chi connectivity index (χ1) is 8.72. The lowest BCUT2D eigenvalue weighted by Gasteiger charge is -2.32. The Morgan fingerprint density at radius 3 is 2.72 bits per heavy atom. The fraction of sp³-hybridized carbons (Fsp3) is 0.600. The molecule has 18 heavy (non-hydrogen) atoms. The number of hydrogen-bond acceptors (Lipinski definition) is 3. The summed E-state index contributed by atoms with van der Waals surface area (Å²) in [5, 5.41) is 10.0. The first-order valence-electron chi connectivity index (χ1n) is 6.74. The lowest BCUT2D eigenvalue weighted by molar-refractivity contribution is 0.0736. The van der Waals surface area contributed by atoms with Crippen LogP contribution in [0.15, 0.2) is 24.3 Å². The normalized spacial score (nSPS) is 23.7. The van der Waals surface area contributed by atoms with Crippen molar-refractivity contribution in [2.24, 2.45) is 5.92 Å². The molecule has 3 heteroatoms. The summed E-state index contributed by atoms with van der Waals surface area (Å²) in [6.07, 6.45) is 4.33. The van der Waals surface area contributed by atoms with Crippen LogP contribution in [0.2, 0.25) is 0 Å². The zero-order chi connectivity index (χ0) is 13.0. The molecule has 0 saturated heterocycles. The van der Waals surface area contributed by atoms with Gasteiger partial charge in [0.15, 0.2) is 0 Å². The smallest absolute Gasteiger partial charge is 0.142 e. The Hall–Kier alpha value is -1.22. The lowest BCUT2D eigenvalue weighted by atomic mass is 9.86. The molecular weight excluding hydrogens is 226 g/mol. The maximum Gasteiger partial charge on any atom is 0.142 e. The highest BCUT2D eigenvalue weighted by molar-refractivity contribution is 5.57. The summed E-state index contributed by atoms with van der Waals surface area (Å²) in [6.45, 7) is 0.890. The number of benzene rings is 1. The van der Waals surface area contributed by atoms with E-state index in [4.69, 9.17) is 4.74 Å². The molecule has 0 amide bonds. The van der Waals surface area contributed by atoms with E-state index in [1.165, 1.54) is 6.42 Å². The molecule has 2 unspecified atom stereocenters. The standard InChI is InChI=1S/C15H23NO2/c1-16(11-12-7-3-5-9-14(12)17)13-8-4-6-10-15(13)18-2/h4,6,8,10,12,14,17H,3,5,7,9,11H2,1-2H3. The van der Waals surface area contributed by atoms with E-state index in [-0.39, 0.29) is 6.10 Å². The second kappa shape index (κ2) is 6.10. The fourth-order valence-electron chi connectivity index (χ4n) is 2.80. The van der Waals surface area contributed by atoms with Gasteiger partial charge in [-0.25, -0.2) is 0 Å². The van der Waals surface area contributed by atoms with Crippen LogP contribution in [0.1, 0.15) is 25.7 Å². The van der Waals surface area contributed by atoms with Crippen molar-refractivity contribution in [1.82, 2.24) is 0 Å². The average molecular weight is 249 g/mol. The van der Waals surface area contributed by atoms with Crippen LogP contribution in [0.25, 0.3) is 0 Å². The lowest BCUT2D eigenvalue weighted by Crippen LogP contribution is -2.35. The molecule has 0 radical (unpaired) electrons. The Kier molecular flexibility index (Phi) is 4.48. The van der Waals surface area contributed by atoms with Gasteiger partial charge in [-0.2, -0.15) is 0 Å². The van der Waals surface area contributed by atoms with Gasteiger partial charge in [-0.1, -0.05) is 25.0 Å². The van der Waals surface area contributed by atoms with E-state index in [1.807, 2.05) is 18.2 Å². The number of methoxy groups -OCH3 is 1. The zero-order valence-electron chi connectivity index (χ0n) is 11.3. The van der Waals surface area contributed by atoms with Crippen LogP contribution in [0.5, 0.6) is 5.75 Å². The van der Waals surface area contributed by atoms with E-state index < -0.39 is 0 Å². The Bertz CT molecular complexity index is 381. The Balaban J connectivity index is 2.04. The molecule has 100 valence electrons. The minimum atomic E-state index is -0.143. The third kappa shape index (κ3) is 2.96. The van der Waals surface area contributed by atoms with E-state index in [9.17, 15) is 5.11 Å². The van der Waals surface area contributed by atoms with Gasteiger partial charge in [-0.15, -0.1) is 0 Å². The number of aliphatic hydroxyl groups excluding tert-OH is 1. The topological polar surface area (TPSA) is 32.7 Å². The van der Waals surface area contributed by atoms with Crippen LogP contribution in [0, 0.1) is 5.92 Å². The summed E-state index contributed by atoms with van der Waals surface area (Å²) in [6, 6.07) is 8.04. The molecule has 1 saturated carbocycles. The summed E-state index contributed by atoms with van der Waals surface area (Å²) in [4.78, 5) is 2.19. The molecule has 1 fully saturated rings. The predicted molar refractivity (Wildman–Crippen MR) is 74.2 cm³/mol. The monoisotopic (exact) mass is 249 g/mol. The molecule has 1 aliphatic carbocycles. The molecule has 1 aromatic rings. The molecule has 0 aromatic heterocycles. The number of para-hydroxylation sites is 2. The SMILES string of the molecule is COc1ccccc1N(C)CC1CCCCC1O. The molecule has 1 aliphatic rings. The van der Waals surface area contributed by atoms with Gasteiger partial charge in [0.25, 0.3) is 0 Å². The minimum absolute atomic E-state index is 0.143. The van der Waals surface area contributed by atoms with Crippen LogP contribution in [-0.2, 0) is 0 Å². The van der Waals surface area contributed by atoms with Crippen LogP contribution in [-0.4, -0.2) is 31.9 Å². The Morgan fingerprint density at radius 2 is 2.00 bits per heavy atom. The molecule has 0 aliphatic heterocycles. The minimum Gasteiger partial charge on any atom is -0.495 e. The molecule has 2 atom stereocenters. The number of hydrogen-bond donors (Lipinski definition) is 1. The van der Waals surface area contributed by atoms with E-state index in [1.54, 1.807) is 7.11 Å². The summed E-state index contributed by atoms with van der Waals surface area (Å²) in [5.74, 6) is 1.28. The maximum atomic E-state index is 10.0. The van der Waals surface area contributed by atoms with Gasteiger partial charge < -0.3 is 14.7 Å². The molecule has 0 bridgehead atoms. The highest BCUT2D eigenvalue weighted by atomic mass is 16.5. The summed E-state index contributed by atoms with van der Waals surface area (Å²) < 4.78 is 5.38. The van der Waals surface area contributed by atoms with Gasteiger partial charge in [0.1, 0.15) is 5.75 Å². The molecule has 3 nitrogen and oxygen atoms in total. The van der Waals surface area contributed by atoms with Crippen LogP contribution in [0.4, 0.5) is 5.69 Å². The van der Waals surface area contributed by atoms with Crippen molar-refractivity contribution in [2.75, 3.05) is 25.6 Å². The van der Waals surface area contributed by atoms with Gasteiger partial charge in [-0.3, -0.25) is 0 Å². The van der Waals surface area contributed by atoms with Crippen LogP contribution >= 0.6 is 0 Å². The predicted octanol–water partition coefficient (Wildman–Crippen LogP) is 2.68. The summed E-state index contributed by atoms with van der Waals surface area (Å²) in [7, 11) is 3.77. The summed E-state index contributed by atoms with van der Waals surface area (Å²) >= 11 is 0. The average Bonchev–Trinajstić information content (AvgIpc) is 2.41. The number of rotatable bonds is 4. The van der Waals surface area contributed by atoms with Crippen LogP contribution < -0.4 is 9.64 Å². The molecule has 2 rings (SSSR count). The van der Waals surface area contributed by atoms with Crippen molar-refractivity contribution in [1.29, 1.82) is 0 Å². The molecule has 0 heterocycles. The van der Waals surface area contributed by atoms with E-state index in [2.05, 4.69) is 18.0 Å². The molecule has 1 N–H and O–H groups in total. The van der Waals surface area contributed by atoms with Crippen molar-refractivity contribution in [3.8, 4) is 5.75 Å². The van der Waals surface area contributed by atoms with Crippen molar-refractivity contribution in [3.05, 3.63) is 24.3 Å². The van der Waals surface area contributed by atoms with Crippen molar-refractivity contribution in [3.63, 3.8) is 0 Å². The zero-order valence-corrected chi connectivity index (χ0v) is 11.3. The molecule has 1 aromatic carbocycles. The second-order valence-corrected chi connectivity index (χ2v) is 5.16. The van der Waals surface area contributed by atoms with Crippen LogP contribution in [0.3, 0.4) is 0 Å². The van der Waals surface area contributed by atoms with Crippen molar-refractivity contribution in [2.45, 2.75) is 31.8 Å². The second-order valence-electron chi connectivity index (χ2n) is 5.16. The first kappa shape index (κ1) is 13.2. The van der Waals surface area contributed by atoms with E-state index in [0.717, 1.165) is 37.2 Å². The number of aliphatic hydroxyl groups is 1. The quantitative estimate of drug-likeness (QED) is 0.890. The molecule has 0 spiro atoms. The number of anilines is 1. The Labute approximate surface area is 109 Å². The maximum absolute atomic E-state index is 10.0. The van der Waals surface area contributed by atoms with Gasteiger partial charge in [-0.05, 0) is 25.0 Å². The van der Waals surface area contributed by atoms with E-state index in [0.29, 0.717) is 5.92 Å². The third-order valence-electron chi connectivity index (χ3n) is 3.87.